The van der Waals surface area contributed by atoms with Gasteiger partial charge in [-0.15, -0.1) is 0 Å². The number of aromatic nitrogens is 1. The highest BCUT2D eigenvalue weighted by Gasteiger charge is 1.93. The number of rotatable bonds is 1. The molecular formula is C9H16N2. The minimum Gasteiger partial charge on any atom is -0.333 e. The van der Waals surface area contributed by atoms with Crippen LogP contribution in [0.15, 0.2) is 24.5 Å². The summed E-state index contributed by atoms with van der Waals surface area (Å²) in [6.45, 7) is 4.35. The van der Waals surface area contributed by atoms with E-state index >= 15 is 0 Å². The highest BCUT2D eigenvalue weighted by molar-refractivity contribution is 5.13. The fourth-order valence-corrected chi connectivity index (χ4v) is 0.748. The number of nitrogens with two attached hydrogens (primary N) is 1. The first-order chi connectivity index (χ1) is 5.30. The van der Waals surface area contributed by atoms with Gasteiger partial charge >= 0.3 is 0 Å². The first-order valence-corrected chi connectivity index (χ1v) is 3.78. The third-order valence-corrected chi connectivity index (χ3v) is 1.37. The van der Waals surface area contributed by atoms with Gasteiger partial charge in [0.05, 0.1) is 0 Å². The van der Waals surface area contributed by atoms with E-state index < -0.39 is 0 Å². The minimum absolute atomic E-state index is 0.619. The molecule has 1 heterocycles. The highest BCUT2D eigenvalue weighted by atomic mass is 14.6. The largest absolute Gasteiger partial charge is 0.333 e. The summed E-state index contributed by atoms with van der Waals surface area (Å²) in [5.41, 5.74) is 5.85. The van der Waals surface area contributed by atoms with Crippen LogP contribution in [-0.2, 0) is 0 Å². The molecule has 0 radical (unpaired) electrons. The van der Waals surface area contributed by atoms with Crippen LogP contribution in [0.1, 0.15) is 25.3 Å². The smallest absolute Gasteiger partial charge is 0.0270 e. The van der Waals surface area contributed by atoms with Crippen molar-refractivity contribution < 1.29 is 0 Å². The first-order valence-electron chi connectivity index (χ1n) is 3.78. The van der Waals surface area contributed by atoms with E-state index in [1.807, 2.05) is 24.5 Å². The molecule has 0 spiro atoms. The van der Waals surface area contributed by atoms with E-state index in [0.29, 0.717) is 5.92 Å². The van der Waals surface area contributed by atoms with Gasteiger partial charge in [0.25, 0.3) is 0 Å². The SMILES string of the molecule is CC(C)c1ccncc1.CN. The molecule has 1 aromatic rings. The zero-order chi connectivity index (χ0) is 8.69. The van der Waals surface area contributed by atoms with Crippen LogP contribution in [0.3, 0.4) is 0 Å². The van der Waals surface area contributed by atoms with Crippen molar-refractivity contribution in [2.75, 3.05) is 7.05 Å². The Morgan fingerprint density at radius 2 is 1.64 bits per heavy atom. The lowest BCUT2D eigenvalue weighted by Crippen LogP contribution is -1.85. The summed E-state index contributed by atoms with van der Waals surface area (Å²) in [5, 5.41) is 0. The second kappa shape index (κ2) is 5.86. The maximum absolute atomic E-state index is 4.50. The standard InChI is InChI=1S/C8H11N.CH5N/c1-7(2)8-3-5-9-6-4-8;1-2/h3-7H,1-2H3;2H2,1H3. The van der Waals surface area contributed by atoms with Gasteiger partial charge in [-0.1, -0.05) is 13.8 Å². The van der Waals surface area contributed by atoms with Crippen LogP contribution in [0, 0.1) is 0 Å². The summed E-state index contributed by atoms with van der Waals surface area (Å²) in [6.07, 6.45) is 3.66. The Kier molecular flexibility index (Phi) is 5.39. The van der Waals surface area contributed by atoms with E-state index in [0.717, 1.165) is 0 Å². The molecule has 1 rings (SSSR count). The van der Waals surface area contributed by atoms with Crippen molar-refractivity contribution in [2.45, 2.75) is 19.8 Å². The van der Waals surface area contributed by atoms with Crippen LogP contribution in [0.4, 0.5) is 0 Å². The first kappa shape index (κ1) is 10.1. The molecule has 0 aromatic carbocycles. The fraction of sp³-hybridized carbons (Fsp3) is 0.444. The van der Waals surface area contributed by atoms with Crippen LogP contribution >= 0.6 is 0 Å². The topological polar surface area (TPSA) is 38.9 Å². The molecule has 2 heteroatoms. The van der Waals surface area contributed by atoms with E-state index in [9.17, 15) is 0 Å². The van der Waals surface area contributed by atoms with Gasteiger partial charge in [-0.25, -0.2) is 0 Å². The minimum atomic E-state index is 0.619. The summed E-state index contributed by atoms with van der Waals surface area (Å²) >= 11 is 0. The second-order valence-corrected chi connectivity index (χ2v) is 2.44. The molecule has 1 aromatic heterocycles. The third-order valence-electron chi connectivity index (χ3n) is 1.37. The van der Waals surface area contributed by atoms with E-state index in [-0.39, 0.29) is 0 Å². The summed E-state index contributed by atoms with van der Waals surface area (Å²) in [7, 11) is 1.50. The molecule has 0 fully saturated rings. The molecular weight excluding hydrogens is 136 g/mol. The Labute approximate surface area is 68.5 Å². The fourth-order valence-electron chi connectivity index (χ4n) is 0.748. The Balaban J connectivity index is 0.000000461. The lowest BCUT2D eigenvalue weighted by atomic mass is 10.1. The maximum Gasteiger partial charge on any atom is 0.0270 e. The monoisotopic (exact) mass is 152 g/mol. The normalized spacial score (nSPS) is 8.82. The van der Waals surface area contributed by atoms with Gasteiger partial charge in [0, 0.05) is 12.4 Å². The Morgan fingerprint density at radius 3 is 1.91 bits per heavy atom. The average molecular weight is 152 g/mol. The highest BCUT2D eigenvalue weighted by Crippen LogP contribution is 2.10. The van der Waals surface area contributed by atoms with Crippen LogP contribution in [0.25, 0.3) is 0 Å². The van der Waals surface area contributed by atoms with Crippen LogP contribution in [-0.4, -0.2) is 12.0 Å². The zero-order valence-electron chi connectivity index (χ0n) is 7.41. The van der Waals surface area contributed by atoms with Gasteiger partial charge in [0.15, 0.2) is 0 Å². The van der Waals surface area contributed by atoms with Gasteiger partial charge in [0.1, 0.15) is 0 Å². The molecule has 0 saturated heterocycles. The number of hydrogen-bond acceptors (Lipinski definition) is 2. The predicted molar refractivity (Wildman–Crippen MR) is 48.4 cm³/mol. The molecule has 0 atom stereocenters. The van der Waals surface area contributed by atoms with Crippen LogP contribution in [0.5, 0.6) is 0 Å². The quantitative estimate of drug-likeness (QED) is 0.666. The zero-order valence-corrected chi connectivity index (χ0v) is 7.41. The van der Waals surface area contributed by atoms with E-state index in [2.05, 4.69) is 24.6 Å². The summed E-state index contributed by atoms with van der Waals surface area (Å²) in [6, 6.07) is 4.09. The van der Waals surface area contributed by atoms with Gasteiger partial charge < -0.3 is 5.73 Å². The molecule has 0 saturated carbocycles. The Hall–Kier alpha value is -0.890. The van der Waals surface area contributed by atoms with Crippen LogP contribution < -0.4 is 5.73 Å². The van der Waals surface area contributed by atoms with Crippen molar-refractivity contribution in [3.63, 3.8) is 0 Å². The molecule has 0 aliphatic heterocycles. The van der Waals surface area contributed by atoms with Gasteiger partial charge in [-0.05, 0) is 30.7 Å². The molecule has 0 bridgehead atoms. The molecule has 62 valence electrons. The Bertz CT molecular complexity index is 170. The van der Waals surface area contributed by atoms with Crippen molar-refractivity contribution in [1.82, 2.24) is 4.98 Å². The summed E-state index contributed by atoms with van der Waals surface area (Å²) in [4.78, 5) is 3.93. The lowest BCUT2D eigenvalue weighted by Gasteiger charge is -2.01. The van der Waals surface area contributed by atoms with E-state index in [1.54, 1.807) is 0 Å². The number of nitrogens with zero attached hydrogens (tertiary/aromatic N) is 1. The molecule has 2 N–H and O–H groups in total. The van der Waals surface area contributed by atoms with Crippen molar-refractivity contribution in [3.8, 4) is 0 Å². The van der Waals surface area contributed by atoms with Crippen molar-refractivity contribution in [2.24, 2.45) is 5.73 Å². The number of pyridine rings is 1. The summed E-state index contributed by atoms with van der Waals surface area (Å²) < 4.78 is 0. The average Bonchev–Trinajstić information content (AvgIpc) is 2.10. The molecule has 11 heavy (non-hydrogen) atoms. The van der Waals surface area contributed by atoms with Crippen LogP contribution in [0.2, 0.25) is 0 Å². The number of hydrogen-bond donors (Lipinski definition) is 1. The van der Waals surface area contributed by atoms with E-state index in [1.165, 1.54) is 12.6 Å². The van der Waals surface area contributed by atoms with Crippen molar-refractivity contribution in [3.05, 3.63) is 30.1 Å². The second-order valence-electron chi connectivity index (χ2n) is 2.44. The molecule has 0 aliphatic carbocycles. The van der Waals surface area contributed by atoms with Crippen molar-refractivity contribution in [1.29, 1.82) is 0 Å². The third kappa shape index (κ3) is 3.73. The molecule has 0 amide bonds. The lowest BCUT2D eigenvalue weighted by molar-refractivity contribution is 0.863. The molecule has 0 unspecified atom stereocenters. The maximum atomic E-state index is 4.50. The predicted octanol–water partition coefficient (Wildman–Crippen LogP) is 1.78. The van der Waals surface area contributed by atoms with E-state index in [4.69, 9.17) is 0 Å². The summed E-state index contributed by atoms with van der Waals surface area (Å²) in [5.74, 6) is 0.619. The molecule has 0 aliphatic rings. The van der Waals surface area contributed by atoms with Gasteiger partial charge in [-0.2, -0.15) is 0 Å². The van der Waals surface area contributed by atoms with Gasteiger partial charge in [-0.3, -0.25) is 4.98 Å². The van der Waals surface area contributed by atoms with Crippen molar-refractivity contribution >= 4 is 0 Å². The molecule has 2 nitrogen and oxygen atoms in total. The van der Waals surface area contributed by atoms with Gasteiger partial charge in [0.2, 0.25) is 0 Å². The Morgan fingerprint density at radius 1 is 1.18 bits per heavy atom.